The maximum absolute atomic E-state index is 5.80. The van der Waals surface area contributed by atoms with Crippen LogP contribution in [0.15, 0.2) is 48.6 Å². The Labute approximate surface area is 111 Å². The molecule has 0 saturated carbocycles. The summed E-state index contributed by atoms with van der Waals surface area (Å²) in [6.07, 6.45) is 8.62. The lowest BCUT2D eigenvalue weighted by atomic mass is 10.0. The van der Waals surface area contributed by atoms with E-state index < -0.39 is 8.07 Å². The smallest absolute Gasteiger partial charge is 0.119 e. The SMILES string of the molecule is C[Si](C)(C)CCOc1ccc(C2C=CC=C2)cc1. The van der Waals surface area contributed by atoms with Gasteiger partial charge in [-0.2, -0.15) is 0 Å². The van der Waals surface area contributed by atoms with Gasteiger partial charge < -0.3 is 4.74 Å². The molecule has 0 amide bonds. The van der Waals surface area contributed by atoms with Crippen molar-refractivity contribution in [3.05, 3.63) is 54.1 Å². The second kappa shape index (κ2) is 5.57. The largest absolute Gasteiger partial charge is 0.494 e. The van der Waals surface area contributed by atoms with Crippen molar-refractivity contribution in [2.45, 2.75) is 31.6 Å². The van der Waals surface area contributed by atoms with Gasteiger partial charge in [-0.05, 0) is 23.7 Å². The van der Waals surface area contributed by atoms with Crippen LogP contribution in [0.4, 0.5) is 0 Å². The van der Waals surface area contributed by atoms with Crippen LogP contribution in [0.2, 0.25) is 25.7 Å². The quantitative estimate of drug-likeness (QED) is 0.701. The van der Waals surface area contributed by atoms with E-state index in [1.165, 1.54) is 11.6 Å². The Morgan fingerprint density at radius 1 is 1.00 bits per heavy atom. The summed E-state index contributed by atoms with van der Waals surface area (Å²) >= 11 is 0. The normalized spacial score (nSPS) is 15.3. The van der Waals surface area contributed by atoms with E-state index in [1.54, 1.807) is 0 Å². The molecule has 2 heteroatoms. The van der Waals surface area contributed by atoms with Gasteiger partial charge in [-0.1, -0.05) is 56.1 Å². The Balaban J connectivity index is 1.88. The van der Waals surface area contributed by atoms with Crippen molar-refractivity contribution in [1.29, 1.82) is 0 Å². The van der Waals surface area contributed by atoms with Crippen LogP contribution in [0, 0.1) is 0 Å². The van der Waals surface area contributed by atoms with Crippen LogP contribution in [0.1, 0.15) is 11.5 Å². The molecule has 0 aromatic heterocycles. The third-order valence-corrected chi connectivity index (χ3v) is 4.84. The van der Waals surface area contributed by atoms with E-state index in [2.05, 4.69) is 68.2 Å². The molecular formula is C16H22OSi. The van der Waals surface area contributed by atoms with Crippen molar-refractivity contribution in [2.24, 2.45) is 0 Å². The molecule has 1 aromatic rings. The van der Waals surface area contributed by atoms with Crippen molar-refractivity contribution in [2.75, 3.05) is 6.61 Å². The zero-order valence-corrected chi connectivity index (χ0v) is 12.5. The van der Waals surface area contributed by atoms with E-state index in [-0.39, 0.29) is 0 Å². The summed E-state index contributed by atoms with van der Waals surface area (Å²) in [5, 5.41) is 0. The number of benzene rings is 1. The number of rotatable bonds is 5. The Morgan fingerprint density at radius 3 is 2.17 bits per heavy atom. The van der Waals surface area contributed by atoms with Crippen LogP contribution < -0.4 is 4.74 Å². The summed E-state index contributed by atoms with van der Waals surface area (Å²) in [5.41, 5.74) is 1.33. The maximum atomic E-state index is 5.80. The minimum absolute atomic E-state index is 0.445. The highest BCUT2D eigenvalue weighted by molar-refractivity contribution is 6.76. The standard InChI is InChI=1S/C16H22OSi/c1-18(2,3)13-12-17-16-10-8-15(9-11-16)14-6-4-5-7-14/h4-11,14H,12-13H2,1-3H3. The fraction of sp³-hybridized carbons (Fsp3) is 0.375. The molecule has 0 spiro atoms. The fourth-order valence-corrected chi connectivity index (χ4v) is 2.63. The zero-order valence-electron chi connectivity index (χ0n) is 11.5. The van der Waals surface area contributed by atoms with Gasteiger partial charge in [0, 0.05) is 14.0 Å². The molecule has 0 fully saturated rings. The molecule has 2 rings (SSSR count). The predicted octanol–water partition coefficient (Wildman–Crippen LogP) is 4.61. The van der Waals surface area contributed by atoms with E-state index in [1.807, 2.05) is 0 Å². The van der Waals surface area contributed by atoms with Gasteiger partial charge in [0.15, 0.2) is 0 Å². The van der Waals surface area contributed by atoms with Gasteiger partial charge in [0.25, 0.3) is 0 Å². The first-order valence-corrected chi connectivity index (χ1v) is 10.3. The van der Waals surface area contributed by atoms with Gasteiger partial charge in [-0.15, -0.1) is 0 Å². The Morgan fingerprint density at radius 2 is 1.61 bits per heavy atom. The molecule has 0 aliphatic heterocycles. The molecule has 96 valence electrons. The van der Waals surface area contributed by atoms with Gasteiger partial charge in [-0.25, -0.2) is 0 Å². The second-order valence-electron chi connectivity index (χ2n) is 6.02. The molecule has 1 aliphatic carbocycles. The van der Waals surface area contributed by atoms with Gasteiger partial charge in [-0.3, -0.25) is 0 Å². The first-order valence-electron chi connectivity index (χ1n) is 6.62. The summed E-state index contributed by atoms with van der Waals surface area (Å²) in [6, 6.07) is 9.70. The molecule has 0 N–H and O–H groups in total. The highest BCUT2D eigenvalue weighted by Gasteiger charge is 2.12. The lowest BCUT2D eigenvalue weighted by molar-refractivity contribution is 0.338. The summed E-state index contributed by atoms with van der Waals surface area (Å²) in [7, 11) is -0.986. The molecule has 1 aliphatic rings. The molecule has 0 atom stereocenters. The Kier molecular flexibility index (Phi) is 4.07. The summed E-state index contributed by atoms with van der Waals surface area (Å²) in [6.45, 7) is 7.97. The summed E-state index contributed by atoms with van der Waals surface area (Å²) < 4.78 is 5.80. The Bertz CT molecular complexity index is 425. The lowest BCUT2D eigenvalue weighted by Gasteiger charge is -2.16. The molecule has 0 radical (unpaired) electrons. The van der Waals surface area contributed by atoms with Crippen molar-refractivity contribution in [3.8, 4) is 5.75 Å². The van der Waals surface area contributed by atoms with Crippen LogP contribution in [-0.4, -0.2) is 14.7 Å². The van der Waals surface area contributed by atoms with E-state index in [0.29, 0.717) is 5.92 Å². The van der Waals surface area contributed by atoms with E-state index in [9.17, 15) is 0 Å². The average molecular weight is 258 g/mol. The second-order valence-corrected chi connectivity index (χ2v) is 11.6. The predicted molar refractivity (Wildman–Crippen MR) is 81.1 cm³/mol. The molecule has 0 unspecified atom stereocenters. The highest BCUT2D eigenvalue weighted by atomic mass is 28.3. The first-order chi connectivity index (χ1) is 8.54. The van der Waals surface area contributed by atoms with Crippen molar-refractivity contribution >= 4 is 8.07 Å². The molecule has 0 bridgehead atoms. The number of hydrogen-bond acceptors (Lipinski definition) is 1. The Hall–Kier alpha value is -1.28. The third kappa shape index (κ3) is 3.88. The maximum Gasteiger partial charge on any atom is 0.119 e. The summed E-state index contributed by atoms with van der Waals surface area (Å²) in [5.74, 6) is 1.43. The fourth-order valence-electron chi connectivity index (χ4n) is 1.92. The van der Waals surface area contributed by atoms with Gasteiger partial charge >= 0.3 is 0 Å². The highest BCUT2D eigenvalue weighted by Crippen LogP contribution is 2.25. The van der Waals surface area contributed by atoms with Crippen LogP contribution >= 0.6 is 0 Å². The molecule has 1 nitrogen and oxygen atoms in total. The monoisotopic (exact) mass is 258 g/mol. The summed E-state index contributed by atoms with van der Waals surface area (Å²) in [4.78, 5) is 0. The molecule has 1 aromatic carbocycles. The van der Waals surface area contributed by atoms with E-state index >= 15 is 0 Å². The third-order valence-electron chi connectivity index (χ3n) is 3.13. The minimum atomic E-state index is -0.986. The molecule has 0 saturated heterocycles. The molecule has 0 heterocycles. The van der Waals surface area contributed by atoms with E-state index in [4.69, 9.17) is 4.74 Å². The lowest BCUT2D eigenvalue weighted by Crippen LogP contribution is -2.22. The molecule has 18 heavy (non-hydrogen) atoms. The molecular weight excluding hydrogens is 236 g/mol. The number of hydrogen-bond donors (Lipinski definition) is 0. The average Bonchev–Trinajstić information content (AvgIpc) is 2.82. The van der Waals surface area contributed by atoms with Gasteiger partial charge in [0.05, 0.1) is 6.61 Å². The zero-order chi connectivity index (χ0) is 13.0. The van der Waals surface area contributed by atoms with Crippen LogP contribution in [-0.2, 0) is 0 Å². The minimum Gasteiger partial charge on any atom is -0.494 e. The number of ether oxygens (including phenoxy) is 1. The van der Waals surface area contributed by atoms with Crippen molar-refractivity contribution < 1.29 is 4.74 Å². The van der Waals surface area contributed by atoms with Crippen molar-refractivity contribution in [1.82, 2.24) is 0 Å². The van der Waals surface area contributed by atoms with E-state index in [0.717, 1.165) is 12.4 Å². The van der Waals surface area contributed by atoms with Crippen LogP contribution in [0.5, 0.6) is 5.75 Å². The van der Waals surface area contributed by atoms with Crippen LogP contribution in [0.3, 0.4) is 0 Å². The number of allylic oxidation sites excluding steroid dienone is 4. The van der Waals surface area contributed by atoms with Gasteiger partial charge in [0.1, 0.15) is 5.75 Å². The van der Waals surface area contributed by atoms with Crippen molar-refractivity contribution in [3.63, 3.8) is 0 Å². The topological polar surface area (TPSA) is 9.23 Å². The first kappa shape index (κ1) is 13.2. The van der Waals surface area contributed by atoms with Gasteiger partial charge in [0.2, 0.25) is 0 Å². The van der Waals surface area contributed by atoms with Crippen LogP contribution in [0.25, 0.3) is 0 Å².